The van der Waals surface area contributed by atoms with Gasteiger partial charge in [-0.2, -0.15) is 13.2 Å². The Labute approximate surface area is 134 Å². The minimum Gasteiger partial charge on any atom is -0.472 e. The number of H-pyrrole nitrogens is 1. The van der Waals surface area contributed by atoms with E-state index >= 15 is 0 Å². The molecular formula is C18H11F3N2O. The number of pyridine rings is 1. The molecule has 3 aromatic heterocycles. The van der Waals surface area contributed by atoms with E-state index in [4.69, 9.17) is 4.42 Å². The van der Waals surface area contributed by atoms with Gasteiger partial charge in [0.15, 0.2) is 0 Å². The van der Waals surface area contributed by atoms with Gasteiger partial charge in [-0.05, 0) is 29.8 Å². The van der Waals surface area contributed by atoms with Crippen molar-refractivity contribution >= 4 is 11.0 Å². The number of nitrogens with zero attached hydrogens (tertiary/aromatic N) is 1. The van der Waals surface area contributed by atoms with E-state index in [1.165, 1.54) is 6.07 Å². The van der Waals surface area contributed by atoms with Crippen LogP contribution in [0.1, 0.15) is 5.56 Å². The summed E-state index contributed by atoms with van der Waals surface area (Å²) in [6.07, 6.45) is 2.17. The monoisotopic (exact) mass is 328 g/mol. The molecule has 24 heavy (non-hydrogen) atoms. The summed E-state index contributed by atoms with van der Waals surface area (Å²) < 4.78 is 43.8. The van der Waals surface area contributed by atoms with Gasteiger partial charge in [0, 0.05) is 34.5 Å². The summed E-state index contributed by atoms with van der Waals surface area (Å²) in [5.41, 5.74) is 2.85. The average Bonchev–Trinajstić information content (AvgIpc) is 3.22. The van der Waals surface area contributed by atoms with Crippen molar-refractivity contribution in [3.8, 4) is 22.3 Å². The number of rotatable bonds is 2. The average molecular weight is 328 g/mol. The summed E-state index contributed by atoms with van der Waals surface area (Å²) in [5, 5.41) is 0.825. The highest BCUT2D eigenvalue weighted by molar-refractivity contribution is 5.95. The van der Waals surface area contributed by atoms with Crippen molar-refractivity contribution in [3.05, 3.63) is 66.9 Å². The van der Waals surface area contributed by atoms with Gasteiger partial charge in [-0.15, -0.1) is 0 Å². The van der Waals surface area contributed by atoms with Crippen LogP contribution in [-0.2, 0) is 6.18 Å². The number of aromatic nitrogens is 2. The van der Waals surface area contributed by atoms with Crippen LogP contribution >= 0.6 is 0 Å². The molecule has 0 radical (unpaired) electrons. The third-order valence-corrected chi connectivity index (χ3v) is 3.89. The fraction of sp³-hybridized carbons (Fsp3) is 0.0556. The second-order valence-electron chi connectivity index (χ2n) is 5.41. The fourth-order valence-electron chi connectivity index (χ4n) is 2.69. The van der Waals surface area contributed by atoms with Gasteiger partial charge >= 0.3 is 6.18 Å². The highest BCUT2D eigenvalue weighted by Crippen LogP contribution is 2.34. The number of furan rings is 1. The zero-order valence-corrected chi connectivity index (χ0v) is 12.3. The van der Waals surface area contributed by atoms with Crippen molar-refractivity contribution in [2.75, 3.05) is 0 Å². The zero-order valence-electron chi connectivity index (χ0n) is 12.3. The van der Waals surface area contributed by atoms with E-state index < -0.39 is 11.7 Å². The standard InChI is InChI=1S/C18H11F3N2O/c19-18(20,21)14-3-1-2-11(6-14)13-7-15-16(12-4-5-24-10-12)9-23-17(15)22-8-13/h1-10H,(H,22,23). The van der Waals surface area contributed by atoms with Crippen LogP contribution in [0.5, 0.6) is 0 Å². The van der Waals surface area contributed by atoms with Gasteiger partial charge in [-0.3, -0.25) is 0 Å². The van der Waals surface area contributed by atoms with Gasteiger partial charge < -0.3 is 9.40 Å². The van der Waals surface area contributed by atoms with Gasteiger partial charge in [0.25, 0.3) is 0 Å². The molecule has 0 saturated heterocycles. The van der Waals surface area contributed by atoms with E-state index in [2.05, 4.69) is 9.97 Å². The third kappa shape index (κ3) is 2.46. The van der Waals surface area contributed by atoms with Crippen LogP contribution in [0, 0.1) is 0 Å². The highest BCUT2D eigenvalue weighted by atomic mass is 19.4. The van der Waals surface area contributed by atoms with Gasteiger partial charge in [0.2, 0.25) is 0 Å². The summed E-state index contributed by atoms with van der Waals surface area (Å²) in [6.45, 7) is 0. The minimum atomic E-state index is -4.37. The molecule has 0 aliphatic rings. The van der Waals surface area contributed by atoms with Crippen molar-refractivity contribution in [2.45, 2.75) is 6.18 Å². The van der Waals surface area contributed by atoms with Crippen LogP contribution in [0.2, 0.25) is 0 Å². The first kappa shape index (κ1) is 14.6. The van der Waals surface area contributed by atoms with Gasteiger partial charge in [-0.25, -0.2) is 4.98 Å². The Morgan fingerprint density at radius 1 is 1.00 bits per heavy atom. The number of halogens is 3. The SMILES string of the molecule is FC(F)(F)c1cccc(-c2cnc3[nH]cc(-c4ccoc4)c3c2)c1. The molecule has 0 unspecified atom stereocenters. The lowest BCUT2D eigenvalue weighted by Gasteiger charge is -2.09. The molecule has 4 aromatic rings. The molecule has 0 spiro atoms. The summed E-state index contributed by atoms with van der Waals surface area (Å²) in [6, 6.07) is 8.88. The first-order valence-electron chi connectivity index (χ1n) is 7.20. The first-order valence-corrected chi connectivity index (χ1v) is 7.20. The molecule has 0 bridgehead atoms. The molecule has 0 aliphatic heterocycles. The second-order valence-corrected chi connectivity index (χ2v) is 5.41. The lowest BCUT2D eigenvalue weighted by molar-refractivity contribution is -0.137. The maximum atomic E-state index is 12.9. The Bertz CT molecular complexity index is 1000. The van der Waals surface area contributed by atoms with Gasteiger partial charge in [0.1, 0.15) is 5.65 Å². The lowest BCUT2D eigenvalue weighted by atomic mass is 10.0. The smallest absolute Gasteiger partial charge is 0.416 e. The summed E-state index contributed by atoms with van der Waals surface area (Å²) in [4.78, 5) is 7.37. The van der Waals surface area contributed by atoms with Crippen LogP contribution in [0.15, 0.2) is 65.7 Å². The van der Waals surface area contributed by atoms with Crippen LogP contribution < -0.4 is 0 Å². The summed E-state index contributed by atoms with van der Waals surface area (Å²) in [5.74, 6) is 0. The number of hydrogen-bond acceptors (Lipinski definition) is 2. The van der Waals surface area contributed by atoms with Gasteiger partial charge in [0.05, 0.1) is 18.1 Å². The molecule has 0 aliphatic carbocycles. The quantitative estimate of drug-likeness (QED) is 0.527. The van der Waals surface area contributed by atoms with E-state index in [1.54, 1.807) is 31.0 Å². The van der Waals surface area contributed by atoms with Crippen molar-refractivity contribution in [1.82, 2.24) is 9.97 Å². The maximum Gasteiger partial charge on any atom is 0.416 e. The predicted molar refractivity (Wildman–Crippen MR) is 84.2 cm³/mol. The molecule has 120 valence electrons. The molecule has 1 N–H and O–H groups in total. The van der Waals surface area contributed by atoms with E-state index in [9.17, 15) is 13.2 Å². The summed E-state index contributed by atoms with van der Waals surface area (Å²) in [7, 11) is 0. The molecule has 1 aromatic carbocycles. The number of nitrogens with one attached hydrogen (secondary N) is 1. The molecule has 0 fully saturated rings. The Morgan fingerprint density at radius 2 is 1.88 bits per heavy atom. The van der Waals surface area contributed by atoms with Crippen LogP contribution in [0.3, 0.4) is 0 Å². The molecular weight excluding hydrogens is 317 g/mol. The lowest BCUT2D eigenvalue weighted by Crippen LogP contribution is -2.04. The Balaban J connectivity index is 1.85. The zero-order chi connectivity index (χ0) is 16.7. The van der Waals surface area contributed by atoms with Crippen molar-refractivity contribution in [3.63, 3.8) is 0 Å². The highest BCUT2D eigenvalue weighted by Gasteiger charge is 2.30. The maximum absolute atomic E-state index is 12.9. The molecule has 6 heteroatoms. The van der Waals surface area contributed by atoms with Crippen LogP contribution in [0.25, 0.3) is 33.3 Å². The molecule has 0 atom stereocenters. The molecule has 0 amide bonds. The summed E-state index contributed by atoms with van der Waals surface area (Å²) >= 11 is 0. The van der Waals surface area contributed by atoms with E-state index in [0.717, 1.165) is 28.6 Å². The minimum absolute atomic E-state index is 0.471. The normalized spacial score (nSPS) is 12.0. The molecule has 4 rings (SSSR count). The van der Waals surface area contributed by atoms with E-state index in [-0.39, 0.29) is 0 Å². The number of aromatic amines is 1. The van der Waals surface area contributed by atoms with E-state index in [0.29, 0.717) is 16.8 Å². The van der Waals surface area contributed by atoms with Gasteiger partial charge in [-0.1, -0.05) is 12.1 Å². The van der Waals surface area contributed by atoms with Crippen molar-refractivity contribution < 1.29 is 17.6 Å². The van der Waals surface area contributed by atoms with Crippen LogP contribution in [-0.4, -0.2) is 9.97 Å². The number of alkyl halides is 3. The molecule has 0 saturated carbocycles. The Kier molecular flexibility index (Phi) is 3.19. The third-order valence-electron chi connectivity index (χ3n) is 3.89. The number of fused-ring (bicyclic) bond motifs is 1. The topological polar surface area (TPSA) is 41.8 Å². The predicted octanol–water partition coefficient (Wildman–Crippen LogP) is 5.51. The molecule has 3 heterocycles. The molecule has 3 nitrogen and oxygen atoms in total. The first-order chi connectivity index (χ1) is 11.5. The largest absolute Gasteiger partial charge is 0.472 e. The van der Waals surface area contributed by atoms with E-state index in [1.807, 2.05) is 12.1 Å². The number of hydrogen-bond donors (Lipinski definition) is 1. The number of benzene rings is 1. The Morgan fingerprint density at radius 3 is 2.62 bits per heavy atom. The van der Waals surface area contributed by atoms with Crippen LogP contribution in [0.4, 0.5) is 13.2 Å². The Hall–Kier alpha value is -3.02. The van der Waals surface area contributed by atoms with Crippen molar-refractivity contribution in [2.24, 2.45) is 0 Å². The fourth-order valence-corrected chi connectivity index (χ4v) is 2.69. The second kappa shape index (κ2) is 5.26. The van der Waals surface area contributed by atoms with Crippen molar-refractivity contribution in [1.29, 1.82) is 0 Å².